The first-order valence-corrected chi connectivity index (χ1v) is 10.0. The largest absolute Gasteiger partial charge is 0.337 e. The van der Waals surface area contributed by atoms with Gasteiger partial charge >= 0.3 is 0 Å². The first-order valence-electron chi connectivity index (χ1n) is 7.68. The number of aryl methyl sites for hydroxylation is 2. The van der Waals surface area contributed by atoms with Gasteiger partial charge in [-0.05, 0) is 51.1 Å². The first kappa shape index (κ1) is 18.2. The van der Waals surface area contributed by atoms with Crippen LogP contribution in [0.4, 0.5) is 11.6 Å². The van der Waals surface area contributed by atoms with Gasteiger partial charge in [0.25, 0.3) is 15.9 Å². The molecule has 9 heteroatoms. The van der Waals surface area contributed by atoms with Crippen molar-refractivity contribution in [1.82, 2.24) is 5.16 Å². The highest BCUT2D eigenvalue weighted by Gasteiger charge is 2.19. The van der Waals surface area contributed by atoms with Crippen LogP contribution in [0.5, 0.6) is 0 Å². The third kappa shape index (κ3) is 3.78. The van der Waals surface area contributed by atoms with E-state index in [0.29, 0.717) is 22.5 Å². The molecule has 1 aromatic carbocycles. The Morgan fingerprint density at radius 1 is 1.15 bits per heavy atom. The van der Waals surface area contributed by atoms with Gasteiger partial charge in [-0.2, -0.15) is 0 Å². The Balaban J connectivity index is 1.74. The number of rotatable bonds is 5. The molecule has 0 bridgehead atoms. The molecule has 0 aliphatic rings. The fraction of sp³-hybridized carbons (Fsp3) is 0.176. The minimum Gasteiger partial charge on any atom is -0.337 e. The molecule has 0 radical (unpaired) electrons. The number of nitrogens with one attached hydrogen (secondary N) is 2. The van der Waals surface area contributed by atoms with Crippen LogP contribution in [0.1, 0.15) is 26.5 Å². The number of anilines is 2. The van der Waals surface area contributed by atoms with Gasteiger partial charge < -0.3 is 9.84 Å². The van der Waals surface area contributed by atoms with Gasteiger partial charge in [0.2, 0.25) is 5.88 Å². The molecule has 3 rings (SSSR count). The average Bonchev–Trinajstić information content (AvgIpc) is 3.16. The van der Waals surface area contributed by atoms with Crippen LogP contribution in [0.3, 0.4) is 0 Å². The Morgan fingerprint density at radius 3 is 2.38 bits per heavy atom. The molecule has 0 aliphatic heterocycles. The molecular formula is C17H17N3O4S2. The van der Waals surface area contributed by atoms with Crippen LogP contribution in [0.2, 0.25) is 0 Å². The number of hydrogen-bond donors (Lipinski definition) is 2. The summed E-state index contributed by atoms with van der Waals surface area (Å²) in [6, 6.07) is 7.68. The molecule has 2 aromatic heterocycles. The van der Waals surface area contributed by atoms with Crippen molar-refractivity contribution in [1.29, 1.82) is 0 Å². The lowest BCUT2D eigenvalue weighted by molar-refractivity contribution is 0.102. The number of sulfonamides is 1. The van der Waals surface area contributed by atoms with Crippen LogP contribution >= 0.6 is 11.3 Å². The highest BCUT2D eigenvalue weighted by molar-refractivity contribution is 7.92. The van der Waals surface area contributed by atoms with Crippen LogP contribution in [0, 0.1) is 20.8 Å². The van der Waals surface area contributed by atoms with Crippen LogP contribution in [0.15, 0.2) is 45.1 Å². The molecule has 7 nitrogen and oxygen atoms in total. The van der Waals surface area contributed by atoms with Crippen LogP contribution in [-0.4, -0.2) is 19.5 Å². The van der Waals surface area contributed by atoms with Gasteiger partial charge in [0.15, 0.2) is 0 Å². The quantitative estimate of drug-likeness (QED) is 0.690. The molecule has 0 atom stereocenters. The molecule has 2 N–H and O–H groups in total. The van der Waals surface area contributed by atoms with Gasteiger partial charge in [0.1, 0.15) is 0 Å². The Hall–Kier alpha value is -2.65. The molecule has 3 aromatic rings. The number of hydrogen-bond acceptors (Lipinski definition) is 6. The van der Waals surface area contributed by atoms with Crippen LogP contribution < -0.4 is 10.0 Å². The summed E-state index contributed by atoms with van der Waals surface area (Å²) >= 11 is 1.49. The minimum atomic E-state index is -3.81. The van der Waals surface area contributed by atoms with Crippen molar-refractivity contribution in [2.24, 2.45) is 0 Å². The molecule has 0 saturated carbocycles. The predicted octanol–water partition coefficient (Wildman–Crippen LogP) is 3.71. The minimum absolute atomic E-state index is 0.0512. The second kappa shape index (κ2) is 6.93. The van der Waals surface area contributed by atoms with Crippen LogP contribution in [-0.2, 0) is 10.0 Å². The standard InChI is InChI=1S/C17H17N3O4S2/c1-10-8-13(9-25-10)16(21)18-14-4-6-15(7-5-14)26(22,23)20-17-11(2)12(3)19-24-17/h4-9,20H,1-3H3,(H,18,21). The second-order valence-corrected chi connectivity index (χ2v) is 8.55. The lowest BCUT2D eigenvalue weighted by Gasteiger charge is -2.08. The third-order valence-corrected chi connectivity index (χ3v) is 6.01. The van der Waals surface area contributed by atoms with Crippen molar-refractivity contribution in [2.45, 2.75) is 25.7 Å². The number of aromatic nitrogens is 1. The zero-order valence-electron chi connectivity index (χ0n) is 14.4. The van der Waals surface area contributed by atoms with E-state index in [1.54, 1.807) is 25.3 Å². The lowest BCUT2D eigenvalue weighted by atomic mass is 10.2. The van der Waals surface area contributed by atoms with Gasteiger partial charge in [-0.3, -0.25) is 4.79 Å². The highest BCUT2D eigenvalue weighted by Crippen LogP contribution is 2.23. The number of amides is 1. The molecule has 0 fully saturated rings. The maximum absolute atomic E-state index is 12.4. The van der Waals surface area contributed by atoms with E-state index in [-0.39, 0.29) is 16.7 Å². The molecule has 136 valence electrons. The van der Waals surface area contributed by atoms with Crippen molar-refractivity contribution >= 4 is 38.8 Å². The smallest absolute Gasteiger partial charge is 0.264 e. The Morgan fingerprint density at radius 2 is 1.85 bits per heavy atom. The van der Waals surface area contributed by atoms with Gasteiger partial charge in [-0.15, -0.1) is 11.3 Å². The molecule has 0 unspecified atom stereocenters. The van der Waals surface area contributed by atoms with E-state index < -0.39 is 10.0 Å². The predicted molar refractivity (Wildman–Crippen MR) is 100 cm³/mol. The summed E-state index contributed by atoms with van der Waals surface area (Å²) in [5.74, 6) is -0.149. The topological polar surface area (TPSA) is 101 Å². The summed E-state index contributed by atoms with van der Waals surface area (Å²) in [7, 11) is -3.81. The zero-order chi connectivity index (χ0) is 18.9. The molecule has 0 saturated heterocycles. The zero-order valence-corrected chi connectivity index (χ0v) is 16.0. The molecule has 2 heterocycles. The highest BCUT2D eigenvalue weighted by atomic mass is 32.2. The van der Waals surface area contributed by atoms with E-state index in [1.165, 1.54) is 35.6 Å². The summed E-state index contributed by atoms with van der Waals surface area (Å²) in [5, 5.41) is 8.23. The maximum atomic E-state index is 12.4. The van der Waals surface area contributed by atoms with Crippen molar-refractivity contribution in [3.8, 4) is 0 Å². The molecule has 0 spiro atoms. The van der Waals surface area contributed by atoms with Crippen molar-refractivity contribution in [2.75, 3.05) is 10.0 Å². The van der Waals surface area contributed by atoms with Crippen LogP contribution in [0.25, 0.3) is 0 Å². The molecular weight excluding hydrogens is 374 g/mol. The summed E-state index contributed by atoms with van der Waals surface area (Å²) in [6.45, 7) is 5.36. The molecule has 0 aliphatic carbocycles. The summed E-state index contributed by atoms with van der Waals surface area (Å²) in [5.41, 5.74) is 2.32. The second-order valence-electron chi connectivity index (χ2n) is 5.75. The van der Waals surface area contributed by atoms with Gasteiger partial charge in [0.05, 0.1) is 16.2 Å². The van der Waals surface area contributed by atoms with Crippen molar-refractivity contribution < 1.29 is 17.7 Å². The number of thiophene rings is 1. The summed E-state index contributed by atoms with van der Waals surface area (Å²) in [4.78, 5) is 13.2. The van der Waals surface area contributed by atoms with Gasteiger partial charge in [-0.25, -0.2) is 13.1 Å². The summed E-state index contributed by atoms with van der Waals surface area (Å²) < 4.78 is 32.2. The monoisotopic (exact) mass is 391 g/mol. The Labute approximate surface area is 155 Å². The Bertz CT molecular complexity index is 1050. The van der Waals surface area contributed by atoms with Crippen molar-refractivity contribution in [3.05, 3.63) is 57.4 Å². The van der Waals surface area contributed by atoms with E-state index in [4.69, 9.17) is 4.52 Å². The van der Waals surface area contributed by atoms with E-state index in [9.17, 15) is 13.2 Å². The number of carbonyl (C=O) groups is 1. The average molecular weight is 391 g/mol. The summed E-state index contributed by atoms with van der Waals surface area (Å²) in [6.07, 6.45) is 0. The van der Waals surface area contributed by atoms with Gasteiger partial charge in [0, 0.05) is 21.5 Å². The third-order valence-electron chi connectivity index (χ3n) is 3.80. The van der Waals surface area contributed by atoms with E-state index >= 15 is 0 Å². The maximum Gasteiger partial charge on any atom is 0.264 e. The van der Waals surface area contributed by atoms with E-state index in [2.05, 4.69) is 15.2 Å². The lowest BCUT2D eigenvalue weighted by Crippen LogP contribution is -2.14. The Kier molecular flexibility index (Phi) is 4.84. The first-order chi connectivity index (χ1) is 12.3. The van der Waals surface area contributed by atoms with E-state index in [0.717, 1.165) is 4.88 Å². The fourth-order valence-electron chi connectivity index (χ4n) is 2.17. The van der Waals surface area contributed by atoms with E-state index in [1.807, 2.05) is 6.92 Å². The van der Waals surface area contributed by atoms with Gasteiger partial charge in [-0.1, -0.05) is 5.16 Å². The van der Waals surface area contributed by atoms with Crippen molar-refractivity contribution in [3.63, 3.8) is 0 Å². The molecule has 26 heavy (non-hydrogen) atoms. The number of benzene rings is 1. The SMILES string of the molecule is Cc1cc(C(=O)Nc2ccc(S(=O)(=O)Nc3onc(C)c3C)cc2)cs1. The fourth-order valence-corrected chi connectivity index (χ4v) is 3.90. The number of carbonyl (C=O) groups excluding carboxylic acids is 1. The molecule has 1 amide bonds. The normalized spacial score (nSPS) is 11.3. The number of nitrogens with zero attached hydrogens (tertiary/aromatic N) is 1.